The van der Waals surface area contributed by atoms with Crippen LogP contribution >= 0.6 is 0 Å². The van der Waals surface area contributed by atoms with Gasteiger partial charge in [0.25, 0.3) is 0 Å². The molecule has 0 spiro atoms. The van der Waals surface area contributed by atoms with Crippen LogP contribution in [0.25, 0.3) is 11.4 Å². The molecule has 1 fully saturated rings. The molecule has 1 saturated carbocycles. The molecule has 1 heterocycles. The zero-order valence-corrected chi connectivity index (χ0v) is 15.8. The van der Waals surface area contributed by atoms with Gasteiger partial charge in [-0.25, -0.2) is 4.79 Å². The highest BCUT2D eigenvalue weighted by Crippen LogP contribution is 2.25. The predicted octanol–water partition coefficient (Wildman–Crippen LogP) is 5.10. The summed E-state index contributed by atoms with van der Waals surface area (Å²) >= 11 is 0. The fraction of sp³-hybridized carbons (Fsp3) is 0.318. The van der Waals surface area contributed by atoms with Gasteiger partial charge >= 0.3 is 6.03 Å². The van der Waals surface area contributed by atoms with Gasteiger partial charge in [-0.2, -0.15) is 4.98 Å². The van der Waals surface area contributed by atoms with Gasteiger partial charge in [-0.15, -0.1) is 0 Å². The van der Waals surface area contributed by atoms with E-state index >= 15 is 0 Å². The van der Waals surface area contributed by atoms with E-state index in [1.165, 1.54) is 6.42 Å². The largest absolute Gasteiger partial charge is 0.337 e. The number of nitrogens with zero attached hydrogens (tertiary/aromatic N) is 3. The summed E-state index contributed by atoms with van der Waals surface area (Å²) in [6.45, 7) is 0.309. The molecule has 1 aliphatic carbocycles. The van der Waals surface area contributed by atoms with Crippen molar-refractivity contribution in [3.63, 3.8) is 0 Å². The number of aromatic nitrogens is 2. The van der Waals surface area contributed by atoms with Crippen LogP contribution in [0.3, 0.4) is 0 Å². The minimum Gasteiger partial charge on any atom is -0.337 e. The number of carbonyl (C=O) groups is 1. The van der Waals surface area contributed by atoms with E-state index in [2.05, 4.69) is 15.5 Å². The fourth-order valence-electron chi connectivity index (χ4n) is 3.65. The van der Waals surface area contributed by atoms with Crippen molar-refractivity contribution in [2.75, 3.05) is 5.32 Å². The Bertz CT molecular complexity index is 889. The Morgan fingerprint density at radius 1 is 1.00 bits per heavy atom. The number of rotatable bonds is 5. The van der Waals surface area contributed by atoms with Gasteiger partial charge in [0.15, 0.2) is 0 Å². The highest BCUT2D eigenvalue weighted by atomic mass is 16.5. The van der Waals surface area contributed by atoms with E-state index < -0.39 is 0 Å². The predicted molar refractivity (Wildman–Crippen MR) is 108 cm³/mol. The van der Waals surface area contributed by atoms with Gasteiger partial charge in [0.1, 0.15) is 6.54 Å². The molecule has 0 bridgehead atoms. The van der Waals surface area contributed by atoms with Crippen molar-refractivity contribution in [2.24, 2.45) is 0 Å². The van der Waals surface area contributed by atoms with Crippen LogP contribution in [0.15, 0.2) is 65.2 Å². The third kappa shape index (κ3) is 4.39. The molecule has 1 aromatic heterocycles. The maximum absolute atomic E-state index is 13.0. The number of amides is 2. The van der Waals surface area contributed by atoms with E-state index in [4.69, 9.17) is 4.52 Å². The Hall–Kier alpha value is -3.15. The Morgan fingerprint density at radius 3 is 2.39 bits per heavy atom. The number of nitrogens with one attached hydrogen (secondary N) is 1. The smallest absolute Gasteiger partial charge is 0.322 e. The standard InChI is InChI=1S/C22H24N4O2/c27-22(23-18-12-6-2-7-13-18)26(19-14-8-3-9-15-19)16-20-24-21(25-28-20)17-10-4-1-5-11-17/h1-2,4-7,10-13,19H,3,8-9,14-16H2,(H,23,27). The second-order valence-electron chi connectivity index (χ2n) is 7.09. The normalized spacial score (nSPS) is 14.6. The summed E-state index contributed by atoms with van der Waals surface area (Å²) < 4.78 is 5.46. The van der Waals surface area contributed by atoms with E-state index in [1.54, 1.807) is 0 Å². The number of benzene rings is 2. The van der Waals surface area contributed by atoms with Gasteiger partial charge in [-0.3, -0.25) is 0 Å². The van der Waals surface area contributed by atoms with E-state index in [-0.39, 0.29) is 12.1 Å². The topological polar surface area (TPSA) is 71.3 Å². The van der Waals surface area contributed by atoms with E-state index in [0.29, 0.717) is 18.3 Å². The molecule has 2 amide bonds. The molecule has 144 valence electrons. The second-order valence-corrected chi connectivity index (χ2v) is 7.09. The molecule has 0 aliphatic heterocycles. The lowest BCUT2D eigenvalue weighted by Gasteiger charge is -2.33. The van der Waals surface area contributed by atoms with Gasteiger partial charge in [0, 0.05) is 17.3 Å². The molecular formula is C22H24N4O2. The third-order valence-corrected chi connectivity index (χ3v) is 5.11. The average Bonchev–Trinajstić information content (AvgIpc) is 3.23. The van der Waals surface area contributed by atoms with Crippen molar-refractivity contribution in [1.82, 2.24) is 15.0 Å². The fourth-order valence-corrected chi connectivity index (χ4v) is 3.65. The Kier molecular flexibility index (Phi) is 5.66. The van der Waals surface area contributed by atoms with Crippen LogP contribution in [0.4, 0.5) is 10.5 Å². The number of hydrogen-bond acceptors (Lipinski definition) is 4. The first-order valence-electron chi connectivity index (χ1n) is 9.80. The van der Waals surface area contributed by atoms with Crippen molar-refractivity contribution in [3.8, 4) is 11.4 Å². The summed E-state index contributed by atoms with van der Waals surface area (Å²) in [6, 6.07) is 19.3. The summed E-state index contributed by atoms with van der Waals surface area (Å²) in [7, 11) is 0. The van der Waals surface area contributed by atoms with Crippen LogP contribution < -0.4 is 5.32 Å². The average molecular weight is 376 g/mol. The van der Waals surface area contributed by atoms with Crippen LogP contribution in [0.1, 0.15) is 38.0 Å². The molecular weight excluding hydrogens is 352 g/mol. The molecule has 1 aliphatic rings. The SMILES string of the molecule is O=C(Nc1ccccc1)N(Cc1nc(-c2ccccc2)no1)C1CCCCC1. The molecule has 1 N–H and O–H groups in total. The van der Waals surface area contributed by atoms with Crippen LogP contribution in [-0.4, -0.2) is 27.1 Å². The summed E-state index contributed by atoms with van der Waals surface area (Å²) in [5, 5.41) is 7.08. The highest BCUT2D eigenvalue weighted by Gasteiger charge is 2.27. The van der Waals surface area contributed by atoms with Crippen molar-refractivity contribution in [3.05, 3.63) is 66.6 Å². The minimum absolute atomic E-state index is 0.127. The first-order valence-corrected chi connectivity index (χ1v) is 9.80. The van der Waals surface area contributed by atoms with Gasteiger partial charge in [-0.05, 0) is 25.0 Å². The van der Waals surface area contributed by atoms with Gasteiger partial charge in [-0.1, -0.05) is 73.0 Å². The van der Waals surface area contributed by atoms with Gasteiger partial charge in [0.2, 0.25) is 11.7 Å². The number of carbonyl (C=O) groups excluding carboxylic acids is 1. The van der Waals surface area contributed by atoms with Gasteiger partial charge < -0.3 is 14.7 Å². The molecule has 6 heteroatoms. The zero-order valence-electron chi connectivity index (χ0n) is 15.8. The molecule has 28 heavy (non-hydrogen) atoms. The minimum atomic E-state index is -0.127. The summed E-state index contributed by atoms with van der Waals surface area (Å²) in [5.74, 6) is 0.996. The Labute approximate surface area is 164 Å². The first kappa shape index (κ1) is 18.2. The monoisotopic (exact) mass is 376 g/mol. The molecule has 6 nitrogen and oxygen atoms in total. The van der Waals surface area contributed by atoms with E-state index in [0.717, 1.165) is 36.9 Å². The van der Waals surface area contributed by atoms with Crippen molar-refractivity contribution >= 4 is 11.7 Å². The number of anilines is 1. The molecule has 4 rings (SSSR count). The van der Waals surface area contributed by atoms with Crippen LogP contribution in [0.5, 0.6) is 0 Å². The zero-order chi connectivity index (χ0) is 19.2. The van der Waals surface area contributed by atoms with Crippen LogP contribution in [0, 0.1) is 0 Å². The maximum atomic E-state index is 13.0. The molecule has 0 radical (unpaired) electrons. The van der Waals surface area contributed by atoms with Crippen molar-refractivity contribution < 1.29 is 9.32 Å². The molecule has 0 unspecified atom stereocenters. The van der Waals surface area contributed by atoms with Crippen LogP contribution in [-0.2, 0) is 6.54 Å². The molecule has 2 aromatic carbocycles. The lowest BCUT2D eigenvalue weighted by Crippen LogP contribution is -2.43. The third-order valence-electron chi connectivity index (χ3n) is 5.11. The quantitative estimate of drug-likeness (QED) is 0.672. The first-order chi connectivity index (χ1) is 13.8. The van der Waals surface area contributed by atoms with Crippen molar-refractivity contribution in [2.45, 2.75) is 44.7 Å². The number of para-hydroxylation sites is 1. The molecule has 0 saturated heterocycles. The molecule has 3 aromatic rings. The summed E-state index contributed by atoms with van der Waals surface area (Å²) in [6.07, 6.45) is 5.50. The Balaban J connectivity index is 1.52. The number of urea groups is 1. The lowest BCUT2D eigenvalue weighted by molar-refractivity contribution is 0.151. The van der Waals surface area contributed by atoms with E-state index in [1.807, 2.05) is 65.6 Å². The van der Waals surface area contributed by atoms with Crippen LogP contribution in [0.2, 0.25) is 0 Å². The van der Waals surface area contributed by atoms with Gasteiger partial charge in [0.05, 0.1) is 0 Å². The molecule has 0 atom stereocenters. The summed E-state index contributed by atoms with van der Waals surface area (Å²) in [4.78, 5) is 19.4. The number of hydrogen-bond donors (Lipinski definition) is 1. The highest BCUT2D eigenvalue weighted by molar-refractivity contribution is 5.89. The Morgan fingerprint density at radius 2 is 1.68 bits per heavy atom. The maximum Gasteiger partial charge on any atom is 0.322 e. The lowest BCUT2D eigenvalue weighted by atomic mass is 9.94. The second kappa shape index (κ2) is 8.69. The summed E-state index contributed by atoms with van der Waals surface area (Å²) in [5.41, 5.74) is 1.68. The van der Waals surface area contributed by atoms with Crippen molar-refractivity contribution in [1.29, 1.82) is 0 Å². The van der Waals surface area contributed by atoms with E-state index in [9.17, 15) is 4.79 Å².